The molecule has 27 heavy (non-hydrogen) atoms. The molecular formula is C23H29NO3. The molecule has 1 aliphatic rings. The molecule has 0 unspecified atom stereocenters. The predicted molar refractivity (Wildman–Crippen MR) is 107 cm³/mol. The average molecular weight is 367 g/mol. The quantitative estimate of drug-likeness (QED) is 0.841. The van der Waals surface area contributed by atoms with Crippen LogP contribution in [0.25, 0.3) is 0 Å². The van der Waals surface area contributed by atoms with Crippen LogP contribution in [0.4, 0.5) is 0 Å². The number of hydrogen-bond acceptors (Lipinski definition) is 3. The van der Waals surface area contributed by atoms with Crippen LogP contribution in [0, 0.1) is 13.8 Å². The Morgan fingerprint density at radius 1 is 1.15 bits per heavy atom. The zero-order chi connectivity index (χ0) is 19.3. The van der Waals surface area contributed by atoms with Crippen molar-refractivity contribution in [2.45, 2.75) is 45.1 Å². The van der Waals surface area contributed by atoms with Crippen LogP contribution >= 0.6 is 0 Å². The normalized spacial score (nSPS) is 17.1. The molecule has 0 bridgehead atoms. The van der Waals surface area contributed by atoms with E-state index in [1.165, 1.54) is 11.1 Å². The third kappa shape index (κ3) is 4.69. The fourth-order valence-corrected chi connectivity index (χ4v) is 3.70. The summed E-state index contributed by atoms with van der Waals surface area (Å²) in [6.45, 7) is 7.88. The fraction of sp³-hybridized carbons (Fsp3) is 0.435. The second kappa shape index (κ2) is 8.57. The van der Waals surface area contributed by atoms with Crippen molar-refractivity contribution in [3.8, 4) is 5.75 Å². The largest absolute Gasteiger partial charge is 0.481 e. The van der Waals surface area contributed by atoms with Crippen molar-refractivity contribution in [1.29, 1.82) is 0 Å². The minimum atomic E-state index is -0.543. The van der Waals surface area contributed by atoms with Gasteiger partial charge in [-0.05, 0) is 50.8 Å². The lowest BCUT2D eigenvalue weighted by Gasteiger charge is -2.38. The topological polar surface area (TPSA) is 47.6 Å². The maximum atomic E-state index is 12.7. The Morgan fingerprint density at radius 2 is 1.85 bits per heavy atom. The lowest BCUT2D eigenvalue weighted by Crippen LogP contribution is -2.47. The monoisotopic (exact) mass is 367 g/mol. The van der Waals surface area contributed by atoms with E-state index in [0.717, 1.165) is 37.4 Å². The van der Waals surface area contributed by atoms with E-state index in [4.69, 9.17) is 9.47 Å². The lowest BCUT2D eigenvalue weighted by molar-refractivity contribution is -0.127. The van der Waals surface area contributed by atoms with Gasteiger partial charge >= 0.3 is 0 Å². The zero-order valence-corrected chi connectivity index (χ0v) is 16.5. The standard InChI is InChI=1S/C23H29NO3/c1-17-9-10-21(18(2)15-17)27-19(3)22(25)24-16-23(11-13-26-14-12-23)20-7-5-4-6-8-20/h4-10,15,19H,11-14,16H2,1-3H3,(H,24,25)/t19-/m0/s1. The van der Waals surface area contributed by atoms with Crippen LogP contribution in [0.15, 0.2) is 48.5 Å². The summed E-state index contributed by atoms with van der Waals surface area (Å²) in [5.74, 6) is 0.670. The second-order valence-corrected chi connectivity index (χ2v) is 7.51. The Morgan fingerprint density at radius 3 is 2.52 bits per heavy atom. The number of amides is 1. The molecule has 0 saturated carbocycles. The van der Waals surface area contributed by atoms with E-state index in [1.807, 2.05) is 32.0 Å². The average Bonchev–Trinajstić information content (AvgIpc) is 2.69. The number of ether oxygens (including phenoxy) is 2. The first-order valence-corrected chi connectivity index (χ1v) is 9.65. The van der Waals surface area contributed by atoms with Crippen LogP contribution in [-0.2, 0) is 14.9 Å². The van der Waals surface area contributed by atoms with Crippen LogP contribution in [0.1, 0.15) is 36.5 Å². The lowest BCUT2D eigenvalue weighted by atomic mass is 9.74. The van der Waals surface area contributed by atoms with Crippen molar-refractivity contribution < 1.29 is 14.3 Å². The molecule has 0 radical (unpaired) electrons. The third-order valence-corrected chi connectivity index (χ3v) is 5.44. The van der Waals surface area contributed by atoms with Crippen molar-refractivity contribution in [3.63, 3.8) is 0 Å². The fourth-order valence-electron chi connectivity index (χ4n) is 3.70. The van der Waals surface area contributed by atoms with Gasteiger partial charge in [-0.1, -0.05) is 48.0 Å². The number of carbonyl (C=O) groups is 1. The zero-order valence-electron chi connectivity index (χ0n) is 16.5. The highest BCUT2D eigenvalue weighted by Gasteiger charge is 2.35. The van der Waals surface area contributed by atoms with Crippen LogP contribution in [0.5, 0.6) is 5.75 Å². The summed E-state index contributed by atoms with van der Waals surface area (Å²) in [5, 5.41) is 3.12. The molecule has 1 atom stereocenters. The summed E-state index contributed by atoms with van der Waals surface area (Å²) in [7, 11) is 0. The molecule has 144 valence electrons. The van der Waals surface area contributed by atoms with E-state index >= 15 is 0 Å². The Hall–Kier alpha value is -2.33. The summed E-state index contributed by atoms with van der Waals surface area (Å²) >= 11 is 0. The number of aryl methyl sites for hydroxylation is 2. The van der Waals surface area contributed by atoms with E-state index in [2.05, 4.69) is 35.6 Å². The summed E-state index contributed by atoms with van der Waals surface area (Å²) in [4.78, 5) is 12.7. The minimum absolute atomic E-state index is 0.0747. The molecule has 4 heteroatoms. The van der Waals surface area contributed by atoms with Gasteiger partial charge in [-0.15, -0.1) is 0 Å². The Kier molecular flexibility index (Phi) is 6.17. The molecule has 1 amide bonds. The maximum absolute atomic E-state index is 12.7. The Labute approximate surface area is 161 Å². The van der Waals surface area contributed by atoms with Gasteiger partial charge in [-0.3, -0.25) is 4.79 Å². The van der Waals surface area contributed by atoms with E-state index < -0.39 is 6.10 Å². The SMILES string of the molecule is Cc1ccc(O[C@@H](C)C(=O)NCC2(c3ccccc3)CCOCC2)c(C)c1. The van der Waals surface area contributed by atoms with Crippen LogP contribution < -0.4 is 10.1 Å². The van der Waals surface area contributed by atoms with Crippen LogP contribution in [-0.4, -0.2) is 31.8 Å². The predicted octanol–water partition coefficient (Wildman–Crippen LogP) is 3.94. The number of carbonyl (C=O) groups excluding carboxylic acids is 1. The van der Waals surface area contributed by atoms with Crippen molar-refractivity contribution in [3.05, 3.63) is 65.2 Å². The number of rotatable bonds is 6. The second-order valence-electron chi connectivity index (χ2n) is 7.51. The summed E-state index contributed by atoms with van der Waals surface area (Å²) in [5.41, 5.74) is 3.41. The summed E-state index contributed by atoms with van der Waals surface area (Å²) < 4.78 is 11.5. The molecule has 1 heterocycles. The van der Waals surface area contributed by atoms with Crippen molar-refractivity contribution >= 4 is 5.91 Å². The van der Waals surface area contributed by atoms with Crippen LogP contribution in [0.2, 0.25) is 0 Å². The molecule has 2 aromatic carbocycles. The number of nitrogens with one attached hydrogen (secondary N) is 1. The minimum Gasteiger partial charge on any atom is -0.481 e. The first kappa shape index (κ1) is 19.4. The van der Waals surface area contributed by atoms with Crippen molar-refractivity contribution in [1.82, 2.24) is 5.32 Å². The van der Waals surface area contributed by atoms with Crippen molar-refractivity contribution in [2.24, 2.45) is 0 Å². The van der Waals surface area contributed by atoms with Crippen LogP contribution in [0.3, 0.4) is 0 Å². The van der Waals surface area contributed by atoms with Gasteiger partial charge in [-0.2, -0.15) is 0 Å². The highest BCUT2D eigenvalue weighted by Crippen LogP contribution is 2.34. The number of hydrogen-bond donors (Lipinski definition) is 1. The molecule has 1 aliphatic heterocycles. The molecular weight excluding hydrogens is 338 g/mol. The molecule has 1 N–H and O–H groups in total. The molecule has 2 aromatic rings. The van der Waals surface area contributed by atoms with Gasteiger partial charge in [0.2, 0.25) is 0 Å². The molecule has 0 spiro atoms. The van der Waals surface area contributed by atoms with Gasteiger partial charge in [0.1, 0.15) is 5.75 Å². The summed E-state index contributed by atoms with van der Waals surface area (Å²) in [6.07, 6.45) is 1.27. The highest BCUT2D eigenvalue weighted by atomic mass is 16.5. The van der Waals surface area contributed by atoms with E-state index in [0.29, 0.717) is 6.54 Å². The molecule has 0 aromatic heterocycles. The Bertz CT molecular complexity index is 766. The van der Waals surface area contributed by atoms with E-state index in [1.54, 1.807) is 6.92 Å². The number of benzene rings is 2. The van der Waals surface area contributed by atoms with Gasteiger partial charge in [0.05, 0.1) is 0 Å². The molecule has 1 fully saturated rings. The maximum Gasteiger partial charge on any atom is 0.260 e. The first-order valence-electron chi connectivity index (χ1n) is 9.65. The first-order chi connectivity index (χ1) is 13.0. The summed E-state index contributed by atoms with van der Waals surface area (Å²) in [6, 6.07) is 16.4. The van der Waals surface area contributed by atoms with Gasteiger partial charge in [-0.25, -0.2) is 0 Å². The van der Waals surface area contributed by atoms with Crippen molar-refractivity contribution in [2.75, 3.05) is 19.8 Å². The smallest absolute Gasteiger partial charge is 0.260 e. The van der Waals surface area contributed by atoms with E-state index in [9.17, 15) is 4.79 Å². The Balaban J connectivity index is 1.65. The van der Waals surface area contributed by atoms with Gasteiger partial charge < -0.3 is 14.8 Å². The van der Waals surface area contributed by atoms with Gasteiger partial charge in [0.15, 0.2) is 6.10 Å². The molecule has 3 rings (SSSR count). The van der Waals surface area contributed by atoms with E-state index in [-0.39, 0.29) is 11.3 Å². The molecule has 0 aliphatic carbocycles. The van der Waals surface area contributed by atoms with Gasteiger partial charge in [0.25, 0.3) is 5.91 Å². The molecule has 4 nitrogen and oxygen atoms in total. The molecule has 1 saturated heterocycles. The van der Waals surface area contributed by atoms with Gasteiger partial charge in [0, 0.05) is 25.2 Å². The third-order valence-electron chi connectivity index (χ3n) is 5.44. The highest BCUT2D eigenvalue weighted by molar-refractivity contribution is 5.80.